The third-order valence-corrected chi connectivity index (χ3v) is 8.52. The third kappa shape index (κ3) is 6.02. The van der Waals surface area contributed by atoms with Gasteiger partial charge in [0.15, 0.2) is 16.3 Å². The van der Waals surface area contributed by atoms with Crippen LogP contribution in [-0.2, 0) is 16.1 Å². The number of non-ortho nitro benzene ring substituents is 1. The molecular formula is C31H26BrN3O7S. The monoisotopic (exact) mass is 663 g/mol. The molecule has 1 aliphatic rings. The predicted octanol–water partition coefficient (Wildman–Crippen LogP) is 5.06. The number of nitro groups is 1. The summed E-state index contributed by atoms with van der Waals surface area (Å²) in [5.74, 6) is 0.298. The van der Waals surface area contributed by atoms with Crippen LogP contribution in [0.2, 0.25) is 0 Å². The van der Waals surface area contributed by atoms with Crippen molar-refractivity contribution in [3.8, 4) is 11.5 Å². The molecule has 2 heterocycles. The van der Waals surface area contributed by atoms with E-state index in [-0.39, 0.29) is 17.9 Å². The fourth-order valence-corrected chi connectivity index (χ4v) is 6.26. The van der Waals surface area contributed by atoms with Gasteiger partial charge in [0.1, 0.15) is 6.61 Å². The second-order valence-corrected chi connectivity index (χ2v) is 11.3. The van der Waals surface area contributed by atoms with Gasteiger partial charge in [0.2, 0.25) is 0 Å². The van der Waals surface area contributed by atoms with E-state index in [1.54, 1.807) is 34.9 Å². The van der Waals surface area contributed by atoms with E-state index in [2.05, 4.69) is 15.9 Å². The first kappa shape index (κ1) is 29.9. The Morgan fingerprint density at radius 1 is 1.12 bits per heavy atom. The van der Waals surface area contributed by atoms with Crippen LogP contribution in [0.5, 0.6) is 11.5 Å². The average molecular weight is 665 g/mol. The van der Waals surface area contributed by atoms with Crippen LogP contribution in [0.25, 0.3) is 6.08 Å². The molecule has 1 aliphatic heterocycles. The zero-order valence-electron chi connectivity index (χ0n) is 23.4. The molecule has 1 aromatic heterocycles. The van der Waals surface area contributed by atoms with Crippen molar-refractivity contribution in [3.05, 3.63) is 129 Å². The Bertz CT molecular complexity index is 1930. The molecule has 4 aromatic rings. The summed E-state index contributed by atoms with van der Waals surface area (Å²) in [5.41, 5.74) is 2.64. The smallest absolute Gasteiger partial charge is 0.338 e. The summed E-state index contributed by atoms with van der Waals surface area (Å²) in [6.45, 7) is 1.99. The van der Waals surface area contributed by atoms with Crippen molar-refractivity contribution in [2.75, 3.05) is 14.2 Å². The molecule has 220 valence electrons. The number of carbonyl (C=O) groups excluding carboxylic acids is 1. The van der Waals surface area contributed by atoms with Crippen molar-refractivity contribution in [2.45, 2.75) is 26.0 Å². The number of allylic oxidation sites excluding steroid dienone is 1. The number of hydrogen-bond donors (Lipinski definition) is 0. The van der Waals surface area contributed by atoms with Gasteiger partial charge in [0, 0.05) is 16.6 Å². The van der Waals surface area contributed by atoms with Crippen molar-refractivity contribution in [1.29, 1.82) is 0 Å². The van der Waals surface area contributed by atoms with E-state index in [1.165, 1.54) is 37.7 Å². The molecule has 43 heavy (non-hydrogen) atoms. The van der Waals surface area contributed by atoms with Gasteiger partial charge in [-0.05, 0) is 41.3 Å². The number of methoxy groups -OCH3 is 2. The van der Waals surface area contributed by atoms with Crippen LogP contribution in [0.1, 0.15) is 36.1 Å². The van der Waals surface area contributed by atoms with Crippen LogP contribution in [0.4, 0.5) is 5.69 Å². The number of thiazole rings is 1. The number of hydrogen-bond acceptors (Lipinski definition) is 9. The Hall–Kier alpha value is -4.55. The lowest BCUT2D eigenvalue weighted by atomic mass is 9.95. The van der Waals surface area contributed by atoms with Crippen molar-refractivity contribution in [1.82, 2.24) is 4.57 Å². The first-order valence-corrected chi connectivity index (χ1v) is 14.8. The summed E-state index contributed by atoms with van der Waals surface area (Å²) in [7, 11) is 2.82. The molecule has 3 aromatic carbocycles. The topological polar surface area (TPSA) is 122 Å². The first-order valence-electron chi connectivity index (χ1n) is 13.2. The van der Waals surface area contributed by atoms with Crippen molar-refractivity contribution < 1.29 is 23.9 Å². The largest absolute Gasteiger partial charge is 0.493 e. The van der Waals surface area contributed by atoms with E-state index in [9.17, 15) is 19.7 Å². The molecule has 12 heteroatoms. The molecule has 0 amide bonds. The molecule has 0 bridgehead atoms. The van der Waals surface area contributed by atoms with E-state index < -0.39 is 16.9 Å². The van der Waals surface area contributed by atoms with Gasteiger partial charge in [-0.3, -0.25) is 19.5 Å². The van der Waals surface area contributed by atoms with Gasteiger partial charge in [-0.2, -0.15) is 0 Å². The summed E-state index contributed by atoms with van der Waals surface area (Å²) in [6, 6.07) is 18.3. The van der Waals surface area contributed by atoms with Gasteiger partial charge >= 0.3 is 5.97 Å². The third-order valence-electron chi connectivity index (χ3n) is 6.85. The van der Waals surface area contributed by atoms with Gasteiger partial charge in [0.25, 0.3) is 11.2 Å². The van der Waals surface area contributed by atoms with E-state index in [1.807, 2.05) is 37.3 Å². The number of esters is 1. The fourth-order valence-electron chi connectivity index (χ4n) is 4.81. The molecule has 0 saturated heterocycles. The number of nitro benzene ring substituents is 1. The van der Waals surface area contributed by atoms with Gasteiger partial charge < -0.3 is 14.2 Å². The van der Waals surface area contributed by atoms with E-state index in [0.29, 0.717) is 54.1 Å². The number of ether oxygens (including phenoxy) is 3. The Morgan fingerprint density at radius 2 is 1.88 bits per heavy atom. The molecule has 0 aliphatic carbocycles. The Balaban J connectivity index is 1.56. The lowest BCUT2D eigenvalue weighted by molar-refractivity contribution is -0.384. The maximum atomic E-state index is 13.9. The number of halogens is 1. The number of aromatic nitrogens is 1. The standard InChI is InChI=1S/C31H26BrN3O7S/c1-4-23-27(30(37)41-3)28(19-10-6-5-7-11-19)34-29(36)26(43-31(34)33-23)15-20-14-24(40-2)25(16-22(20)32)42-17-18-9-8-12-21(13-18)35(38)39/h5-16,28H,4,17H2,1-3H3/b26-15-/t28-/m1/s1. The molecule has 5 rings (SSSR count). The normalized spacial score (nSPS) is 14.6. The zero-order valence-corrected chi connectivity index (χ0v) is 25.8. The highest BCUT2D eigenvalue weighted by atomic mass is 79.9. The average Bonchev–Trinajstić information content (AvgIpc) is 3.34. The van der Waals surface area contributed by atoms with Crippen LogP contribution in [0.3, 0.4) is 0 Å². The van der Waals surface area contributed by atoms with Gasteiger partial charge in [-0.15, -0.1) is 0 Å². The minimum Gasteiger partial charge on any atom is -0.493 e. The summed E-state index contributed by atoms with van der Waals surface area (Å²) in [5, 5.41) is 11.1. The summed E-state index contributed by atoms with van der Waals surface area (Å²) >= 11 is 4.80. The molecular weight excluding hydrogens is 638 g/mol. The number of rotatable bonds is 9. The maximum absolute atomic E-state index is 13.9. The van der Waals surface area contributed by atoms with E-state index in [0.717, 1.165) is 5.56 Å². The molecule has 1 atom stereocenters. The summed E-state index contributed by atoms with van der Waals surface area (Å²) in [6.07, 6.45) is 2.22. The molecule has 0 saturated carbocycles. The predicted molar refractivity (Wildman–Crippen MR) is 165 cm³/mol. The second-order valence-electron chi connectivity index (χ2n) is 9.44. The Kier molecular flexibility index (Phi) is 8.88. The van der Waals surface area contributed by atoms with Crippen LogP contribution >= 0.6 is 27.3 Å². The zero-order chi connectivity index (χ0) is 30.7. The van der Waals surface area contributed by atoms with Gasteiger partial charge in [-0.25, -0.2) is 9.79 Å². The van der Waals surface area contributed by atoms with Crippen molar-refractivity contribution >= 4 is 45.0 Å². The highest BCUT2D eigenvalue weighted by Crippen LogP contribution is 2.35. The Labute approximate surface area is 258 Å². The van der Waals surface area contributed by atoms with Crippen molar-refractivity contribution in [2.24, 2.45) is 4.99 Å². The van der Waals surface area contributed by atoms with Crippen LogP contribution in [0.15, 0.2) is 92.3 Å². The van der Waals surface area contributed by atoms with Crippen molar-refractivity contribution in [3.63, 3.8) is 0 Å². The van der Waals surface area contributed by atoms with Gasteiger partial charge in [0.05, 0.1) is 41.0 Å². The number of fused-ring (bicyclic) bond motifs is 1. The molecule has 10 nitrogen and oxygen atoms in total. The molecule has 0 radical (unpaired) electrons. The van der Waals surface area contributed by atoms with Gasteiger partial charge in [-0.1, -0.05) is 76.7 Å². The molecule has 0 N–H and O–H groups in total. The lowest BCUT2D eigenvalue weighted by Crippen LogP contribution is -2.40. The van der Waals surface area contributed by atoms with E-state index >= 15 is 0 Å². The number of benzene rings is 3. The minimum absolute atomic E-state index is 0.0228. The first-order chi connectivity index (χ1) is 20.7. The highest BCUT2D eigenvalue weighted by molar-refractivity contribution is 9.10. The summed E-state index contributed by atoms with van der Waals surface area (Å²) < 4.78 is 19.2. The molecule has 0 unspecified atom stereocenters. The molecule has 0 spiro atoms. The van der Waals surface area contributed by atoms with Crippen LogP contribution < -0.4 is 24.4 Å². The van der Waals surface area contributed by atoms with E-state index in [4.69, 9.17) is 19.2 Å². The maximum Gasteiger partial charge on any atom is 0.338 e. The second kappa shape index (κ2) is 12.8. The Morgan fingerprint density at radius 3 is 2.56 bits per heavy atom. The number of carbonyl (C=O) groups is 1. The quantitative estimate of drug-likeness (QED) is 0.139. The summed E-state index contributed by atoms with van der Waals surface area (Å²) in [4.78, 5) is 42.7. The van der Waals surface area contributed by atoms with Crippen LogP contribution in [-0.4, -0.2) is 29.7 Å². The number of nitrogens with zero attached hydrogens (tertiary/aromatic N) is 3. The SMILES string of the molecule is CCC1=C(C(=O)OC)[C@@H](c2ccccc2)n2c(s/c(=C\c3cc(OC)c(OCc4cccc([N+](=O)[O-])c4)cc3Br)c2=O)=N1. The highest BCUT2D eigenvalue weighted by Gasteiger charge is 2.33. The molecule has 0 fully saturated rings. The van der Waals surface area contributed by atoms with Crippen LogP contribution in [0, 0.1) is 10.1 Å². The lowest BCUT2D eigenvalue weighted by Gasteiger charge is -2.25. The minimum atomic E-state index is -0.690. The fraction of sp³-hybridized carbons (Fsp3) is 0.194.